The second-order valence-corrected chi connectivity index (χ2v) is 7.18. The van der Waals surface area contributed by atoms with E-state index in [4.69, 9.17) is 0 Å². The standard InChI is InChI=1S/C13H19NO5S/c1-14(6-2-8-20(17,18)19)7-5-10-3-4-12(15)13(16)11(10)9-14/h3-4H,2,5-9H2,1H3,(H2-,15,16,17,18,19). The topological polar surface area (TPSA) is 97.7 Å². The Balaban J connectivity index is 2.11. The van der Waals surface area contributed by atoms with Gasteiger partial charge in [-0.1, -0.05) is 6.07 Å². The van der Waals surface area contributed by atoms with Gasteiger partial charge in [0.25, 0.3) is 0 Å². The SMILES string of the molecule is C[N+]1(CCCS(=O)(=O)[O-])CCc2ccc(O)c(O)c2C1. The molecule has 0 aliphatic carbocycles. The molecule has 1 aromatic rings. The number of aromatic hydroxyl groups is 2. The maximum Gasteiger partial charge on any atom is 0.166 e. The first kappa shape index (κ1) is 15.1. The highest BCUT2D eigenvalue weighted by molar-refractivity contribution is 7.85. The lowest BCUT2D eigenvalue weighted by atomic mass is 9.96. The van der Waals surface area contributed by atoms with E-state index in [1.54, 1.807) is 6.07 Å². The van der Waals surface area contributed by atoms with Gasteiger partial charge in [-0.05, 0) is 11.6 Å². The number of benzene rings is 1. The van der Waals surface area contributed by atoms with Gasteiger partial charge in [0.15, 0.2) is 11.5 Å². The lowest BCUT2D eigenvalue weighted by molar-refractivity contribution is -0.924. The normalized spacial score (nSPS) is 22.5. The molecule has 2 rings (SSSR count). The maximum absolute atomic E-state index is 10.6. The molecule has 0 radical (unpaired) electrons. The number of phenolic OH excluding ortho intramolecular Hbond substituents is 2. The zero-order valence-electron chi connectivity index (χ0n) is 11.4. The van der Waals surface area contributed by atoms with Crippen molar-refractivity contribution in [1.82, 2.24) is 0 Å². The van der Waals surface area contributed by atoms with Gasteiger partial charge in [-0.3, -0.25) is 0 Å². The van der Waals surface area contributed by atoms with Crippen LogP contribution in [0.15, 0.2) is 12.1 Å². The van der Waals surface area contributed by atoms with Gasteiger partial charge in [-0.25, -0.2) is 8.42 Å². The Hall–Kier alpha value is -1.31. The molecule has 2 N–H and O–H groups in total. The third kappa shape index (κ3) is 3.41. The molecule has 1 heterocycles. The zero-order chi connectivity index (χ0) is 15.0. The zero-order valence-corrected chi connectivity index (χ0v) is 12.2. The van der Waals surface area contributed by atoms with Crippen LogP contribution in [0.2, 0.25) is 0 Å². The molecular weight excluding hydrogens is 282 g/mol. The van der Waals surface area contributed by atoms with Gasteiger partial charge >= 0.3 is 0 Å². The summed E-state index contributed by atoms with van der Waals surface area (Å²) in [7, 11) is -2.21. The minimum Gasteiger partial charge on any atom is -0.748 e. The van der Waals surface area contributed by atoms with E-state index in [0.717, 1.165) is 18.5 Å². The summed E-state index contributed by atoms with van der Waals surface area (Å²) in [6, 6.07) is 3.28. The maximum atomic E-state index is 10.6. The summed E-state index contributed by atoms with van der Waals surface area (Å²) in [5.74, 6) is -0.595. The van der Waals surface area contributed by atoms with Crippen LogP contribution in [0.4, 0.5) is 0 Å². The van der Waals surface area contributed by atoms with E-state index in [9.17, 15) is 23.2 Å². The van der Waals surface area contributed by atoms with Gasteiger partial charge in [0, 0.05) is 18.6 Å². The van der Waals surface area contributed by atoms with Crippen LogP contribution in [-0.4, -0.2) is 53.6 Å². The number of quaternary nitrogens is 1. The quantitative estimate of drug-likeness (QED) is 0.480. The predicted molar refractivity (Wildman–Crippen MR) is 72.3 cm³/mol. The minimum atomic E-state index is -4.18. The number of fused-ring (bicyclic) bond motifs is 1. The molecule has 1 aliphatic heterocycles. The molecular formula is C13H19NO5S. The van der Waals surface area contributed by atoms with Crippen molar-refractivity contribution in [1.29, 1.82) is 0 Å². The van der Waals surface area contributed by atoms with Crippen LogP contribution >= 0.6 is 0 Å². The van der Waals surface area contributed by atoms with Crippen molar-refractivity contribution in [3.8, 4) is 11.5 Å². The fourth-order valence-corrected chi connectivity index (χ4v) is 3.22. The summed E-state index contributed by atoms with van der Waals surface area (Å²) in [6.45, 7) is 1.89. The Morgan fingerprint density at radius 3 is 2.70 bits per heavy atom. The van der Waals surface area contributed by atoms with Crippen molar-refractivity contribution >= 4 is 10.1 Å². The van der Waals surface area contributed by atoms with E-state index in [1.165, 1.54) is 6.07 Å². The average molecular weight is 301 g/mol. The minimum absolute atomic E-state index is 0.0944. The number of likely N-dealkylation sites (N-methyl/N-ethyl adjacent to an activating group) is 1. The Morgan fingerprint density at radius 1 is 1.35 bits per heavy atom. The van der Waals surface area contributed by atoms with Gasteiger partial charge in [0.1, 0.15) is 6.54 Å². The van der Waals surface area contributed by atoms with Crippen LogP contribution < -0.4 is 0 Å². The highest BCUT2D eigenvalue weighted by atomic mass is 32.2. The largest absolute Gasteiger partial charge is 0.748 e. The molecule has 0 saturated carbocycles. The molecule has 0 saturated heterocycles. The highest BCUT2D eigenvalue weighted by Gasteiger charge is 2.30. The number of hydrogen-bond acceptors (Lipinski definition) is 5. The highest BCUT2D eigenvalue weighted by Crippen LogP contribution is 2.36. The molecule has 1 unspecified atom stereocenters. The lowest BCUT2D eigenvalue weighted by Crippen LogP contribution is -2.48. The van der Waals surface area contributed by atoms with Gasteiger partial charge in [-0.15, -0.1) is 0 Å². The Labute approximate surface area is 118 Å². The summed E-state index contributed by atoms with van der Waals surface area (Å²) in [4.78, 5) is 0. The van der Waals surface area contributed by atoms with Crippen molar-refractivity contribution in [2.75, 3.05) is 25.9 Å². The molecule has 0 aromatic heterocycles. The number of phenols is 2. The van der Waals surface area contributed by atoms with Crippen molar-refractivity contribution in [2.45, 2.75) is 19.4 Å². The summed E-state index contributed by atoms with van der Waals surface area (Å²) >= 11 is 0. The molecule has 1 aliphatic rings. The van der Waals surface area contributed by atoms with Crippen LogP contribution in [0.1, 0.15) is 17.5 Å². The fraction of sp³-hybridized carbons (Fsp3) is 0.538. The Kier molecular flexibility index (Phi) is 3.95. The molecule has 0 amide bonds. The molecule has 1 atom stereocenters. The smallest absolute Gasteiger partial charge is 0.166 e. The van der Waals surface area contributed by atoms with Crippen LogP contribution in [0.5, 0.6) is 11.5 Å². The van der Waals surface area contributed by atoms with E-state index in [-0.39, 0.29) is 17.3 Å². The van der Waals surface area contributed by atoms with Crippen molar-refractivity contribution in [3.05, 3.63) is 23.3 Å². The van der Waals surface area contributed by atoms with E-state index >= 15 is 0 Å². The molecule has 20 heavy (non-hydrogen) atoms. The predicted octanol–water partition coefficient (Wildman–Crippen LogP) is 0.536. The second kappa shape index (κ2) is 5.23. The van der Waals surface area contributed by atoms with E-state index in [2.05, 4.69) is 0 Å². The summed E-state index contributed by atoms with van der Waals surface area (Å²) in [6.07, 6.45) is 1.06. The molecule has 0 spiro atoms. The fourth-order valence-electron chi connectivity index (χ4n) is 2.74. The van der Waals surface area contributed by atoms with Crippen LogP contribution in [0, 0.1) is 0 Å². The molecule has 0 bridgehead atoms. The molecule has 0 fully saturated rings. The first-order chi connectivity index (χ1) is 9.20. The first-order valence-corrected chi connectivity index (χ1v) is 8.08. The van der Waals surface area contributed by atoms with Gasteiger partial charge in [0.2, 0.25) is 0 Å². The van der Waals surface area contributed by atoms with Crippen molar-refractivity contribution < 1.29 is 27.7 Å². The Bertz CT molecular complexity index is 613. The van der Waals surface area contributed by atoms with Crippen LogP contribution in [-0.2, 0) is 23.1 Å². The molecule has 6 nitrogen and oxygen atoms in total. The number of hydrogen-bond donors (Lipinski definition) is 2. The van der Waals surface area contributed by atoms with Crippen molar-refractivity contribution in [2.24, 2.45) is 0 Å². The lowest BCUT2D eigenvalue weighted by Gasteiger charge is -2.39. The van der Waals surface area contributed by atoms with Crippen LogP contribution in [0.25, 0.3) is 0 Å². The van der Waals surface area contributed by atoms with Gasteiger partial charge in [-0.2, -0.15) is 0 Å². The number of rotatable bonds is 4. The van der Waals surface area contributed by atoms with E-state index in [1.807, 2.05) is 7.05 Å². The monoisotopic (exact) mass is 301 g/mol. The van der Waals surface area contributed by atoms with E-state index < -0.39 is 10.1 Å². The first-order valence-electron chi connectivity index (χ1n) is 6.50. The van der Waals surface area contributed by atoms with Crippen LogP contribution in [0.3, 0.4) is 0 Å². The molecule has 112 valence electrons. The van der Waals surface area contributed by atoms with Crippen molar-refractivity contribution in [3.63, 3.8) is 0 Å². The third-order valence-electron chi connectivity index (χ3n) is 3.91. The summed E-state index contributed by atoms with van der Waals surface area (Å²) < 4.78 is 32.5. The summed E-state index contributed by atoms with van der Waals surface area (Å²) in [5, 5.41) is 19.5. The second-order valence-electron chi connectivity index (χ2n) is 5.66. The van der Waals surface area contributed by atoms with Gasteiger partial charge in [0.05, 0.1) is 35.8 Å². The van der Waals surface area contributed by atoms with Gasteiger partial charge < -0.3 is 19.2 Å². The molecule has 7 heteroatoms. The number of nitrogens with zero attached hydrogens (tertiary/aromatic N) is 1. The average Bonchev–Trinajstić information content (AvgIpc) is 2.33. The van der Waals surface area contributed by atoms with E-state index in [0.29, 0.717) is 29.6 Å². The molecule has 1 aromatic carbocycles. The summed E-state index contributed by atoms with van der Waals surface area (Å²) in [5.41, 5.74) is 1.72. The Morgan fingerprint density at radius 2 is 2.05 bits per heavy atom. The third-order valence-corrected chi connectivity index (χ3v) is 4.70.